The van der Waals surface area contributed by atoms with Gasteiger partial charge in [-0.3, -0.25) is 9.88 Å². The lowest BCUT2D eigenvalue weighted by Crippen LogP contribution is -2.49. The van der Waals surface area contributed by atoms with Gasteiger partial charge in [0, 0.05) is 45.1 Å². The van der Waals surface area contributed by atoms with Gasteiger partial charge in [0.05, 0.1) is 0 Å². The molecule has 1 saturated heterocycles. The summed E-state index contributed by atoms with van der Waals surface area (Å²) in [5.74, 6) is 0.873. The molecule has 0 amide bonds. The highest BCUT2D eigenvalue weighted by atomic mass is 32.2. The summed E-state index contributed by atoms with van der Waals surface area (Å²) in [5.41, 5.74) is 1.17. The molecule has 1 aromatic heterocycles. The Hall–Kier alpha value is -1.96. The van der Waals surface area contributed by atoms with Crippen LogP contribution >= 0.6 is 0 Å². The number of benzene rings is 1. The van der Waals surface area contributed by atoms with E-state index in [0.29, 0.717) is 32.8 Å². The third-order valence-electron chi connectivity index (χ3n) is 4.27. The SMILES string of the molecule is Cc1cccc(OCCN2CCN(S(=O)(=O)c3cccnc3)CC2)c1. The van der Waals surface area contributed by atoms with Gasteiger partial charge in [0.2, 0.25) is 10.0 Å². The summed E-state index contributed by atoms with van der Waals surface area (Å²) in [6.45, 7) is 5.80. The Balaban J connectivity index is 1.47. The summed E-state index contributed by atoms with van der Waals surface area (Å²) in [7, 11) is -3.44. The minimum absolute atomic E-state index is 0.256. The molecule has 3 rings (SSSR count). The van der Waals surface area contributed by atoms with E-state index in [1.54, 1.807) is 18.3 Å². The maximum Gasteiger partial charge on any atom is 0.244 e. The molecule has 0 unspecified atom stereocenters. The fourth-order valence-corrected chi connectivity index (χ4v) is 4.23. The van der Waals surface area contributed by atoms with Crippen LogP contribution < -0.4 is 4.74 Å². The highest BCUT2D eigenvalue weighted by Crippen LogP contribution is 2.16. The zero-order valence-corrected chi connectivity index (χ0v) is 15.2. The van der Waals surface area contributed by atoms with Crippen LogP contribution in [0.3, 0.4) is 0 Å². The van der Waals surface area contributed by atoms with Crippen molar-refractivity contribution in [2.24, 2.45) is 0 Å². The van der Waals surface area contributed by atoms with Gasteiger partial charge in [-0.15, -0.1) is 0 Å². The largest absolute Gasteiger partial charge is 0.492 e. The zero-order chi connectivity index (χ0) is 17.7. The Kier molecular flexibility index (Phi) is 5.67. The van der Waals surface area contributed by atoms with Crippen molar-refractivity contribution in [2.45, 2.75) is 11.8 Å². The highest BCUT2D eigenvalue weighted by Gasteiger charge is 2.28. The number of hydrogen-bond donors (Lipinski definition) is 0. The van der Waals surface area contributed by atoms with Crippen molar-refractivity contribution in [3.05, 3.63) is 54.4 Å². The van der Waals surface area contributed by atoms with Gasteiger partial charge in [-0.2, -0.15) is 4.31 Å². The number of aromatic nitrogens is 1. The van der Waals surface area contributed by atoms with Crippen molar-refractivity contribution in [1.29, 1.82) is 0 Å². The molecule has 0 atom stereocenters. The van der Waals surface area contributed by atoms with Gasteiger partial charge in [-0.1, -0.05) is 12.1 Å². The molecular formula is C18H23N3O3S. The lowest BCUT2D eigenvalue weighted by molar-refractivity contribution is 0.159. The van der Waals surface area contributed by atoms with Crippen LogP contribution in [0.1, 0.15) is 5.56 Å². The second kappa shape index (κ2) is 7.95. The van der Waals surface area contributed by atoms with Gasteiger partial charge >= 0.3 is 0 Å². The molecule has 0 aliphatic carbocycles. The van der Waals surface area contributed by atoms with Crippen LogP contribution in [0, 0.1) is 6.92 Å². The molecule has 25 heavy (non-hydrogen) atoms. The molecule has 7 heteroatoms. The third-order valence-corrected chi connectivity index (χ3v) is 6.15. The smallest absolute Gasteiger partial charge is 0.244 e. The number of pyridine rings is 1. The van der Waals surface area contributed by atoms with Crippen LogP contribution in [0.5, 0.6) is 5.75 Å². The van der Waals surface area contributed by atoms with Gasteiger partial charge in [0.1, 0.15) is 17.3 Å². The van der Waals surface area contributed by atoms with E-state index in [1.807, 2.05) is 31.2 Å². The molecule has 2 heterocycles. The molecule has 1 aliphatic heterocycles. The van der Waals surface area contributed by atoms with Crippen molar-refractivity contribution >= 4 is 10.0 Å². The summed E-state index contributed by atoms with van der Waals surface area (Å²) in [6.07, 6.45) is 2.97. The number of nitrogens with zero attached hydrogens (tertiary/aromatic N) is 3. The maximum absolute atomic E-state index is 12.6. The molecule has 0 bridgehead atoms. The first-order valence-corrected chi connectivity index (χ1v) is 9.82. The van der Waals surface area contributed by atoms with E-state index in [4.69, 9.17) is 4.74 Å². The lowest BCUT2D eigenvalue weighted by Gasteiger charge is -2.33. The molecule has 0 saturated carbocycles. The fourth-order valence-electron chi connectivity index (χ4n) is 2.84. The van der Waals surface area contributed by atoms with E-state index in [2.05, 4.69) is 9.88 Å². The molecule has 1 aliphatic rings. The van der Waals surface area contributed by atoms with Crippen LogP contribution in [0.15, 0.2) is 53.7 Å². The minimum atomic E-state index is -3.44. The predicted octanol–water partition coefficient (Wildman–Crippen LogP) is 1.78. The molecule has 1 aromatic carbocycles. The van der Waals surface area contributed by atoms with Crippen molar-refractivity contribution < 1.29 is 13.2 Å². The number of sulfonamides is 1. The van der Waals surface area contributed by atoms with Gasteiger partial charge < -0.3 is 4.74 Å². The number of hydrogen-bond acceptors (Lipinski definition) is 5. The Labute approximate surface area is 149 Å². The summed E-state index contributed by atoms with van der Waals surface area (Å²) in [5, 5.41) is 0. The molecule has 1 fully saturated rings. The Morgan fingerprint density at radius 3 is 2.60 bits per heavy atom. The van der Waals surface area contributed by atoms with Crippen molar-refractivity contribution in [3.8, 4) is 5.75 Å². The highest BCUT2D eigenvalue weighted by molar-refractivity contribution is 7.89. The zero-order valence-electron chi connectivity index (χ0n) is 14.3. The molecule has 6 nitrogen and oxygen atoms in total. The topological polar surface area (TPSA) is 62.7 Å². The van der Waals surface area contributed by atoms with E-state index in [1.165, 1.54) is 16.1 Å². The fraction of sp³-hybridized carbons (Fsp3) is 0.389. The van der Waals surface area contributed by atoms with E-state index in [-0.39, 0.29) is 4.90 Å². The van der Waals surface area contributed by atoms with Crippen LogP contribution in [0.4, 0.5) is 0 Å². The second-order valence-electron chi connectivity index (χ2n) is 6.10. The van der Waals surface area contributed by atoms with Crippen LogP contribution in [0.2, 0.25) is 0 Å². The average molecular weight is 361 g/mol. The maximum atomic E-state index is 12.6. The first-order chi connectivity index (χ1) is 12.1. The molecule has 0 N–H and O–H groups in total. The molecular weight excluding hydrogens is 338 g/mol. The number of aryl methyl sites for hydroxylation is 1. The normalized spacial score (nSPS) is 16.7. The van der Waals surface area contributed by atoms with Gasteiger partial charge in [0.25, 0.3) is 0 Å². The van der Waals surface area contributed by atoms with E-state index >= 15 is 0 Å². The van der Waals surface area contributed by atoms with Crippen LogP contribution in [-0.4, -0.2) is 61.9 Å². The Morgan fingerprint density at radius 1 is 1.12 bits per heavy atom. The minimum Gasteiger partial charge on any atom is -0.492 e. The average Bonchev–Trinajstić information content (AvgIpc) is 2.63. The predicted molar refractivity (Wildman–Crippen MR) is 96.1 cm³/mol. The third kappa shape index (κ3) is 4.56. The summed E-state index contributed by atoms with van der Waals surface area (Å²) < 4.78 is 32.4. The lowest BCUT2D eigenvalue weighted by atomic mass is 10.2. The summed E-state index contributed by atoms with van der Waals surface area (Å²) in [6, 6.07) is 11.2. The molecule has 0 radical (unpaired) electrons. The van der Waals surface area contributed by atoms with Crippen molar-refractivity contribution in [3.63, 3.8) is 0 Å². The number of piperazine rings is 1. The number of ether oxygens (including phenoxy) is 1. The van der Waals surface area contributed by atoms with Gasteiger partial charge in [-0.05, 0) is 36.8 Å². The van der Waals surface area contributed by atoms with Gasteiger partial charge in [-0.25, -0.2) is 8.42 Å². The van der Waals surface area contributed by atoms with Gasteiger partial charge in [0.15, 0.2) is 0 Å². The van der Waals surface area contributed by atoms with E-state index in [0.717, 1.165) is 12.3 Å². The molecule has 0 spiro atoms. The second-order valence-corrected chi connectivity index (χ2v) is 8.04. The van der Waals surface area contributed by atoms with Crippen LogP contribution in [-0.2, 0) is 10.0 Å². The first-order valence-electron chi connectivity index (χ1n) is 8.38. The molecule has 2 aromatic rings. The number of rotatable bonds is 6. The van der Waals surface area contributed by atoms with E-state index < -0.39 is 10.0 Å². The molecule has 134 valence electrons. The quantitative estimate of drug-likeness (QED) is 0.785. The summed E-state index contributed by atoms with van der Waals surface area (Å²) >= 11 is 0. The monoisotopic (exact) mass is 361 g/mol. The van der Waals surface area contributed by atoms with Crippen molar-refractivity contribution in [2.75, 3.05) is 39.3 Å². The first kappa shape index (κ1) is 17.8. The van der Waals surface area contributed by atoms with E-state index in [9.17, 15) is 8.42 Å². The summed E-state index contributed by atoms with van der Waals surface area (Å²) in [4.78, 5) is 6.39. The standard InChI is InChI=1S/C18H23N3O3S/c1-16-4-2-5-17(14-16)24-13-12-20-8-10-21(11-9-20)25(22,23)18-6-3-7-19-15-18/h2-7,14-15H,8-13H2,1H3. The van der Waals surface area contributed by atoms with Crippen molar-refractivity contribution in [1.82, 2.24) is 14.2 Å². The Bertz CT molecular complexity index is 788. The Morgan fingerprint density at radius 2 is 1.92 bits per heavy atom. The van der Waals surface area contributed by atoms with Crippen LogP contribution in [0.25, 0.3) is 0 Å².